The molecule has 3 N–H and O–H groups in total. The molecule has 0 rings (SSSR count). The standard InChI is InChI=1S/C69H131NO5/c1-3-5-7-9-11-13-15-17-19-21-22-23-24-25-26-30-33-37-41-45-49-53-57-61-67(72)66(65-71)70-68(73)62-58-54-50-46-42-38-34-31-27-28-32-36-40-44-48-52-56-60-64-75-69(74)63-59-55-51-47-43-39-35-29-20-18-16-14-12-10-8-6-4-2/h12,14,18,20,57,61,66-67,71-72H,3-11,13,15-17,19,21-56,58-60,62-65H2,1-2H3,(H,70,73)/b14-12-,20-18-,61-57+. The monoisotopic (exact) mass is 1050 g/mol. The third kappa shape index (κ3) is 61.2. The fourth-order valence-electron chi connectivity index (χ4n) is 10.5. The second kappa shape index (κ2) is 64.6. The van der Waals surface area contributed by atoms with Gasteiger partial charge in [0, 0.05) is 12.8 Å². The smallest absolute Gasteiger partial charge is 0.305 e. The third-order valence-corrected chi connectivity index (χ3v) is 15.7. The lowest BCUT2D eigenvalue weighted by Crippen LogP contribution is -2.45. The molecule has 0 aliphatic carbocycles. The zero-order chi connectivity index (χ0) is 54.3. The molecule has 0 fully saturated rings. The molecule has 0 radical (unpaired) electrons. The number of aliphatic hydroxyl groups is 2. The Morgan fingerprint density at radius 3 is 1.04 bits per heavy atom. The minimum Gasteiger partial charge on any atom is -0.466 e. The van der Waals surface area contributed by atoms with Crippen molar-refractivity contribution in [1.29, 1.82) is 0 Å². The molecule has 0 bridgehead atoms. The fraction of sp³-hybridized carbons (Fsp3) is 0.884. The highest BCUT2D eigenvalue weighted by Gasteiger charge is 2.18. The molecule has 0 saturated heterocycles. The first-order valence-electron chi connectivity index (χ1n) is 33.8. The Morgan fingerprint density at radius 2 is 0.667 bits per heavy atom. The number of amides is 1. The number of esters is 1. The van der Waals surface area contributed by atoms with E-state index in [0.29, 0.717) is 19.4 Å². The van der Waals surface area contributed by atoms with Crippen LogP contribution in [0.4, 0.5) is 0 Å². The molecule has 0 heterocycles. The van der Waals surface area contributed by atoms with E-state index in [1.54, 1.807) is 6.08 Å². The van der Waals surface area contributed by atoms with Crippen molar-refractivity contribution in [3.63, 3.8) is 0 Å². The van der Waals surface area contributed by atoms with E-state index in [1.807, 2.05) is 6.08 Å². The number of rotatable bonds is 63. The van der Waals surface area contributed by atoms with Crippen LogP contribution >= 0.6 is 0 Å². The Labute approximate surface area is 468 Å². The number of ether oxygens (including phenoxy) is 1. The molecule has 0 aliphatic rings. The molecule has 0 aromatic rings. The van der Waals surface area contributed by atoms with Gasteiger partial charge in [0.15, 0.2) is 0 Å². The average Bonchev–Trinajstić information content (AvgIpc) is 3.41. The second-order valence-electron chi connectivity index (χ2n) is 23.2. The molecule has 0 spiro atoms. The maximum absolute atomic E-state index is 12.5. The van der Waals surface area contributed by atoms with Crippen LogP contribution in [0.3, 0.4) is 0 Å². The summed E-state index contributed by atoms with van der Waals surface area (Å²) < 4.78 is 5.49. The van der Waals surface area contributed by atoms with Crippen LogP contribution in [0.5, 0.6) is 0 Å². The van der Waals surface area contributed by atoms with E-state index < -0.39 is 12.1 Å². The minimum absolute atomic E-state index is 0.000636. The van der Waals surface area contributed by atoms with Crippen LogP contribution in [0.1, 0.15) is 367 Å². The lowest BCUT2D eigenvalue weighted by atomic mass is 10.0. The van der Waals surface area contributed by atoms with E-state index >= 15 is 0 Å². The van der Waals surface area contributed by atoms with Gasteiger partial charge in [0.05, 0.1) is 25.4 Å². The average molecular weight is 1050 g/mol. The van der Waals surface area contributed by atoms with Crippen molar-refractivity contribution in [3.05, 3.63) is 36.5 Å². The molecule has 75 heavy (non-hydrogen) atoms. The largest absolute Gasteiger partial charge is 0.466 e. The molecule has 2 atom stereocenters. The van der Waals surface area contributed by atoms with Crippen LogP contribution in [0, 0.1) is 0 Å². The summed E-state index contributed by atoms with van der Waals surface area (Å²) in [5.74, 6) is -0.0693. The predicted octanol–water partition coefficient (Wildman–Crippen LogP) is 21.5. The highest BCUT2D eigenvalue weighted by molar-refractivity contribution is 5.76. The number of allylic oxidation sites excluding steroid dienone is 5. The summed E-state index contributed by atoms with van der Waals surface area (Å²) in [5.41, 5.74) is 0. The number of hydrogen-bond acceptors (Lipinski definition) is 5. The van der Waals surface area contributed by atoms with Crippen molar-refractivity contribution in [2.24, 2.45) is 0 Å². The van der Waals surface area contributed by atoms with Gasteiger partial charge in [-0.15, -0.1) is 0 Å². The van der Waals surface area contributed by atoms with Gasteiger partial charge in [0.2, 0.25) is 5.91 Å². The first-order chi connectivity index (χ1) is 37.0. The molecule has 6 heteroatoms. The van der Waals surface area contributed by atoms with E-state index in [1.165, 1.54) is 289 Å². The number of aliphatic hydroxyl groups excluding tert-OH is 2. The number of carbonyl (C=O) groups excluding carboxylic acids is 2. The second-order valence-corrected chi connectivity index (χ2v) is 23.2. The van der Waals surface area contributed by atoms with Crippen molar-refractivity contribution in [3.8, 4) is 0 Å². The lowest BCUT2D eigenvalue weighted by molar-refractivity contribution is -0.143. The highest BCUT2D eigenvalue weighted by Crippen LogP contribution is 2.18. The van der Waals surface area contributed by atoms with Crippen LogP contribution < -0.4 is 5.32 Å². The first-order valence-corrected chi connectivity index (χ1v) is 33.8. The molecule has 1 amide bonds. The summed E-state index contributed by atoms with van der Waals surface area (Å²) in [6, 6.07) is -0.633. The molecular weight excluding hydrogens is 923 g/mol. The van der Waals surface area contributed by atoms with Crippen molar-refractivity contribution in [2.45, 2.75) is 379 Å². The van der Waals surface area contributed by atoms with E-state index in [-0.39, 0.29) is 18.5 Å². The number of hydrogen-bond donors (Lipinski definition) is 3. The van der Waals surface area contributed by atoms with Gasteiger partial charge in [-0.05, 0) is 64.2 Å². The molecule has 2 unspecified atom stereocenters. The van der Waals surface area contributed by atoms with Crippen LogP contribution in [0.2, 0.25) is 0 Å². The molecule has 442 valence electrons. The summed E-state index contributed by atoms with van der Waals surface area (Å²) in [7, 11) is 0. The summed E-state index contributed by atoms with van der Waals surface area (Å²) in [5, 5.41) is 23.3. The van der Waals surface area contributed by atoms with Gasteiger partial charge in [-0.1, -0.05) is 326 Å². The normalized spacial score (nSPS) is 12.7. The van der Waals surface area contributed by atoms with Crippen molar-refractivity contribution in [1.82, 2.24) is 5.32 Å². The minimum atomic E-state index is -0.849. The Hall–Kier alpha value is -1.92. The van der Waals surface area contributed by atoms with Crippen molar-refractivity contribution < 1.29 is 24.5 Å². The zero-order valence-electron chi connectivity index (χ0n) is 50.5. The third-order valence-electron chi connectivity index (χ3n) is 15.7. The Morgan fingerprint density at radius 1 is 0.373 bits per heavy atom. The molecule has 6 nitrogen and oxygen atoms in total. The summed E-state index contributed by atoms with van der Waals surface area (Å²) in [4.78, 5) is 24.6. The van der Waals surface area contributed by atoms with Crippen molar-refractivity contribution >= 4 is 11.9 Å². The first kappa shape index (κ1) is 73.1. The van der Waals surface area contributed by atoms with E-state index in [2.05, 4.69) is 43.5 Å². The van der Waals surface area contributed by atoms with Gasteiger partial charge < -0.3 is 20.3 Å². The van der Waals surface area contributed by atoms with Crippen LogP contribution in [-0.4, -0.2) is 47.4 Å². The van der Waals surface area contributed by atoms with Crippen LogP contribution in [0.15, 0.2) is 36.5 Å². The Bertz CT molecular complexity index is 1210. The number of unbranched alkanes of at least 4 members (excludes halogenated alkanes) is 48. The highest BCUT2D eigenvalue weighted by atomic mass is 16.5. The Kier molecular flexibility index (Phi) is 63.0. The fourth-order valence-corrected chi connectivity index (χ4v) is 10.5. The van der Waals surface area contributed by atoms with Gasteiger partial charge >= 0.3 is 5.97 Å². The lowest BCUT2D eigenvalue weighted by Gasteiger charge is -2.20. The Balaban J connectivity index is 3.44. The quantitative estimate of drug-likeness (QED) is 0.0320. The molecule has 0 aromatic heterocycles. The van der Waals surface area contributed by atoms with E-state index in [9.17, 15) is 19.8 Å². The zero-order valence-corrected chi connectivity index (χ0v) is 50.5. The van der Waals surface area contributed by atoms with Crippen LogP contribution in [-0.2, 0) is 14.3 Å². The topological polar surface area (TPSA) is 95.9 Å². The van der Waals surface area contributed by atoms with Gasteiger partial charge in [0.25, 0.3) is 0 Å². The molecule has 0 saturated carbocycles. The summed E-state index contributed by atoms with van der Waals surface area (Å²) >= 11 is 0. The maximum atomic E-state index is 12.5. The van der Waals surface area contributed by atoms with Crippen LogP contribution in [0.25, 0.3) is 0 Å². The number of carbonyl (C=O) groups is 2. The predicted molar refractivity (Wildman–Crippen MR) is 329 cm³/mol. The summed E-state index contributed by atoms with van der Waals surface area (Å²) in [6.07, 6.45) is 82.0. The molecule has 0 aliphatic heterocycles. The number of nitrogens with one attached hydrogen (secondary N) is 1. The summed E-state index contributed by atoms with van der Waals surface area (Å²) in [6.45, 7) is 4.90. The van der Waals surface area contributed by atoms with E-state index in [0.717, 1.165) is 51.4 Å². The van der Waals surface area contributed by atoms with Gasteiger partial charge in [-0.2, -0.15) is 0 Å². The van der Waals surface area contributed by atoms with Crippen molar-refractivity contribution in [2.75, 3.05) is 13.2 Å². The molecular formula is C69H131NO5. The SMILES string of the molecule is CCCCC/C=C\C/C=C\CCCCCCCCCC(=O)OCCCCCCCCCCCCCCCCCCCCC(=O)NC(CO)C(O)/C=C/CCCCCCCCCCCCCCCCCCCCCCC. The maximum Gasteiger partial charge on any atom is 0.305 e. The van der Waals surface area contributed by atoms with E-state index in [4.69, 9.17) is 4.74 Å². The van der Waals surface area contributed by atoms with Gasteiger partial charge in [-0.3, -0.25) is 9.59 Å². The van der Waals surface area contributed by atoms with Gasteiger partial charge in [0.1, 0.15) is 0 Å². The van der Waals surface area contributed by atoms with Gasteiger partial charge in [-0.25, -0.2) is 0 Å². The molecule has 0 aromatic carbocycles.